The molecule has 0 bridgehead atoms. The summed E-state index contributed by atoms with van der Waals surface area (Å²) in [5.41, 5.74) is 4.55. The lowest BCUT2D eigenvalue weighted by Crippen LogP contribution is -2.18. The number of carbonyl (C=O) groups excluding carboxylic acids is 2. The van der Waals surface area contributed by atoms with E-state index in [4.69, 9.17) is 9.72 Å². The molecule has 4 rings (SSSR count). The molecule has 0 atom stereocenters. The minimum absolute atomic E-state index is 0.164. The van der Waals surface area contributed by atoms with Crippen LogP contribution in [-0.4, -0.2) is 33.2 Å². The van der Waals surface area contributed by atoms with E-state index in [1.165, 1.54) is 10.9 Å². The van der Waals surface area contributed by atoms with Crippen molar-refractivity contribution < 1.29 is 14.3 Å². The van der Waals surface area contributed by atoms with Crippen LogP contribution in [0, 0.1) is 20.8 Å². The number of rotatable bonds is 5. The van der Waals surface area contributed by atoms with E-state index in [1.807, 2.05) is 57.2 Å². The van der Waals surface area contributed by atoms with E-state index in [2.05, 4.69) is 10.4 Å². The van der Waals surface area contributed by atoms with Gasteiger partial charge in [0.05, 0.1) is 18.3 Å². The highest BCUT2D eigenvalue weighted by atomic mass is 16.5. The molecule has 0 fully saturated rings. The Balaban J connectivity index is 1.83. The topological polar surface area (TPSA) is 86.1 Å². The van der Waals surface area contributed by atoms with Crippen LogP contribution in [0.4, 0.5) is 5.82 Å². The van der Waals surface area contributed by atoms with Crippen molar-refractivity contribution in [2.24, 2.45) is 0 Å². The van der Waals surface area contributed by atoms with E-state index in [-0.39, 0.29) is 23.9 Å². The van der Waals surface area contributed by atoms with Gasteiger partial charge in [-0.3, -0.25) is 4.79 Å². The minimum Gasteiger partial charge on any atom is -0.462 e. The molecule has 0 aliphatic rings. The minimum atomic E-state index is -0.563. The zero-order valence-electron chi connectivity index (χ0n) is 18.5. The van der Waals surface area contributed by atoms with Crippen LogP contribution in [0.1, 0.15) is 44.3 Å². The Bertz CT molecular complexity index is 1320. The highest BCUT2D eigenvalue weighted by Gasteiger charge is 2.23. The van der Waals surface area contributed by atoms with Crippen LogP contribution >= 0.6 is 0 Å². The fourth-order valence-corrected chi connectivity index (χ4v) is 3.54. The first-order valence-corrected chi connectivity index (χ1v) is 10.4. The SMILES string of the molecule is CCOC(=O)c1cnn(-c2cc(C)c3cccc(C)c3n2)c1NC(=O)c1ccc(C)cc1. The molecule has 0 aliphatic heterocycles. The monoisotopic (exact) mass is 428 g/mol. The Labute approximate surface area is 186 Å². The number of aromatic nitrogens is 3. The second-order valence-corrected chi connectivity index (χ2v) is 7.63. The standard InChI is InChI=1S/C25H24N4O3/c1-5-32-25(31)20-14-26-29(23(20)28-24(30)18-11-9-15(2)10-12-18)21-13-17(4)19-8-6-7-16(3)22(19)27-21/h6-14H,5H2,1-4H3,(H,28,30). The van der Waals surface area contributed by atoms with Gasteiger partial charge in [0.1, 0.15) is 5.56 Å². The van der Waals surface area contributed by atoms with Gasteiger partial charge in [0.25, 0.3) is 5.91 Å². The number of para-hydroxylation sites is 1. The molecular formula is C25H24N4O3. The summed E-state index contributed by atoms with van der Waals surface area (Å²) in [4.78, 5) is 30.3. The first-order valence-electron chi connectivity index (χ1n) is 10.4. The number of ether oxygens (including phenoxy) is 1. The van der Waals surface area contributed by atoms with E-state index >= 15 is 0 Å². The van der Waals surface area contributed by atoms with Crippen molar-refractivity contribution in [1.82, 2.24) is 14.8 Å². The second kappa shape index (κ2) is 8.63. The quantitative estimate of drug-likeness (QED) is 0.463. The van der Waals surface area contributed by atoms with E-state index in [0.29, 0.717) is 11.4 Å². The summed E-state index contributed by atoms with van der Waals surface area (Å²) in [5.74, 6) is -0.203. The number of carbonyl (C=O) groups is 2. The summed E-state index contributed by atoms with van der Waals surface area (Å²) in [6.45, 7) is 7.87. The number of hydrogen-bond donors (Lipinski definition) is 1. The van der Waals surface area contributed by atoms with Crippen LogP contribution in [0.5, 0.6) is 0 Å². The van der Waals surface area contributed by atoms with Crippen molar-refractivity contribution in [2.75, 3.05) is 11.9 Å². The molecule has 0 spiro atoms. The Kier molecular flexibility index (Phi) is 5.73. The average Bonchev–Trinajstić information content (AvgIpc) is 3.18. The van der Waals surface area contributed by atoms with Crippen molar-refractivity contribution in [3.8, 4) is 5.82 Å². The third-order valence-corrected chi connectivity index (χ3v) is 5.26. The lowest BCUT2D eigenvalue weighted by atomic mass is 10.1. The number of nitrogens with one attached hydrogen (secondary N) is 1. The third kappa shape index (κ3) is 3.97. The zero-order chi connectivity index (χ0) is 22.8. The molecule has 1 N–H and O–H groups in total. The molecule has 0 radical (unpaired) electrons. The number of esters is 1. The summed E-state index contributed by atoms with van der Waals surface area (Å²) >= 11 is 0. The number of anilines is 1. The summed E-state index contributed by atoms with van der Waals surface area (Å²) in [6.07, 6.45) is 1.39. The molecule has 4 aromatic rings. The number of fused-ring (bicyclic) bond motifs is 1. The van der Waals surface area contributed by atoms with Crippen LogP contribution in [-0.2, 0) is 4.74 Å². The first kappa shape index (κ1) is 21.2. The van der Waals surface area contributed by atoms with Gasteiger partial charge >= 0.3 is 5.97 Å². The van der Waals surface area contributed by atoms with Crippen LogP contribution < -0.4 is 5.32 Å². The van der Waals surface area contributed by atoms with Crippen molar-refractivity contribution in [2.45, 2.75) is 27.7 Å². The van der Waals surface area contributed by atoms with Crippen LogP contribution in [0.2, 0.25) is 0 Å². The fraction of sp³-hybridized carbons (Fsp3) is 0.200. The average molecular weight is 428 g/mol. The zero-order valence-corrected chi connectivity index (χ0v) is 18.5. The highest BCUT2D eigenvalue weighted by Crippen LogP contribution is 2.26. The first-order chi connectivity index (χ1) is 15.4. The van der Waals surface area contributed by atoms with Crippen molar-refractivity contribution in [3.63, 3.8) is 0 Å². The van der Waals surface area contributed by atoms with Gasteiger partial charge in [-0.25, -0.2) is 9.78 Å². The fourth-order valence-electron chi connectivity index (χ4n) is 3.54. The second-order valence-electron chi connectivity index (χ2n) is 7.63. The van der Waals surface area contributed by atoms with Crippen LogP contribution in [0.25, 0.3) is 16.7 Å². The Morgan fingerprint density at radius 1 is 1.03 bits per heavy atom. The van der Waals surface area contributed by atoms with Gasteiger partial charge < -0.3 is 10.1 Å². The number of nitrogens with zero attached hydrogens (tertiary/aromatic N) is 3. The Morgan fingerprint density at radius 2 is 1.78 bits per heavy atom. The maximum Gasteiger partial charge on any atom is 0.343 e. The molecule has 0 saturated carbocycles. The molecule has 7 heteroatoms. The van der Waals surface area contributed by atoms with E-state index in [9.17, 15) is 9.59 Å². The predicted octanol–water partition coefficient (Wildman–Crippen LogP) is 4.77. The molecule has 0 saturated heterocycles. The maximum atomic E-state index is 12.9. The smallest absolute Gasteiger partial charge is 0.343 e. The maximum absolute atomic E-state index is 12.9. The number of hydrogen-bond acceptors (Lipinski definition) is 5. The molecule has 162 valence electrons. The van der Waals surface area contributed by atoms with Crippen molar-refractivity contribution >= 4 is 28.6 Å². The van der Waals surface area contributed by atoms with Gasteiger partial charge in [-0.2, -0.15) is 9.78 Å². The van der Waals surface area contributed by atoms with Gasteiger partial charge in [-0.05, 0) is 57.0 Å². The highest BCUT2D eigenvalue weighted by molar-refractivity contribution is 6.07. The number of pyridine rings is 1. The summed E-state index contributed by atoms with van der Waals surface area (Å²) in [7, 11) is 0. The van der Waals surface area contributed by atoms with E-state index in [0.717, 1.165) is 27.6 Å². The van der Waals surface area contributed by atoms with Crippen LogP contribution in [0.15, 0.2) is 54.7 Å². The largest absolute Gasteiger partial charge is 0.462 e. The Hall–Kier alpha value is -4.00. The summed E-state index contributed by atoms with van der Waals surface area (Å²) < 4.78 is 6.64. The number of amides is 1. The molecule has 0 aliphatic carbocycles. The summed E-state index contributed by atoms with van der Waals surface area (Å²) in [6, 6.07) is 15.1. The Morgan fingerprint density at radius 3 is 2.50 bits per heavy atom. The predicted molar refractivity (Wildman–Crippen MR) is 123 cm³/mol. The van der Waals surface area contributed by atoms with E-state index in [1.54, 1.807) is 19.1 Å². The molecular weight excluding hydrogens is 404 g/mol. The number of benzene rings is 2. The normalized spacial score (nSPS) is 10.9. The van der Waals surface area contributed by atoms with Gasteiger partial charge in [0, 0.05) is 10.9 Å². The third-order valence-electron chi connectivity index (χ3n) is 5.26. The lowest BCUT2D eigenvalue weighted by Gasteiger charge is -2.13. The van der Waals surface area contributed by atoms with E-state index < -0.39 is 5.97 Å². The summed E-state index contributed by atoms with van der Waals surface area (Å²) in [5, 5.41) is 8.24. The van der Waals surface area contributed by atoms with Crippen molar-refractivity contribution in [1.29, 1.82) is 0 Å². The van der Waals surface area contributed by atoms with Gasteiger partial charge in [-0.1, -0.05) is 35.9 Å². The molecule has 7 nitrogen and oxygen atoms in total. The molecule has 2 aromatic carbocycles. The molecule has 32 heavy (non-hydrogen) atoms. The van der Waals surface area contributed by atoms with Gasteiger partial charge in [0.15, 0.2) is 11.6 Å². The van der Waals surface area contributed by atoms with Crippen LogP contribution in [0.3, 0.4) is 0 Å². The molecule has 2 heterocycles. The van der Waals surface area contributed by atoms with Gasteiger partial charge in [-0.15, -0.1) is 0 Å². The van der Waals surface area contributed by atoms with Gasteiger partial charge in [0.2, 0.25) is 0 Å². The lowest BCUT2D eigenvalue weighted by molar-refractivity contribution is 0.0527. The number of aryl methyl sites for hydroxylation is 3. The van der Waals surface area contributed by atoms with Crippen molar-refractivity contribution in [3.05, 3.63) is 82.5 Å². The molecule has 0 unspecified atom stereocenters. The molecule has 2 aromatic heterocycles. The molecule has 1 amide bonds.